The molecule has 0 N–H and O–H groups in total. The second-order valence-corrected chi connectivity index (χ2v) is 6.02. The maximum absolute atomic E-state index is 14.2. The molecule has 1 aliphatic rings. The van der Waals surface area contributed by atoms with Gasteiger partial charge in [0.2, 0.25) is 0 Å². The molecule has 4 heteroatoms. The van der Waals surface area contributed by atoms with Crippen molar-refractivity contribution in [1.82, 2.24) is 0 Å². The van der Waals surface area contributed by atoms with Crippen LogP contribution in [-0.2, 0) is 0 Å². The lowest BCUT2D eigenvalue weighted by Crippen LogP contribution is -2.39. The minimum atomic E-state index is -0.324. The number of anilines is 1. The standard InChI is InChI=1S/C14H16BrFN2/c1-9-5-10(2)8-18(7-9)12-4-3-11(6-17)13(15)14(12)16/h3-4,9-10H,5,7-8H2,1-2H3. The molecular formula is C14H16BrFN2. The Kier molecular flexibility index (Phi) is 3.91. The molecule has 18 heavy (non-hydrogen) atoms. The maximum Gasteiger partial charge on any atom is 0.161 e. The Morgan fingerprint density at radius 1 is 1.33 bits per heavy atom. The van der Waals surface area contributed by atoms with Crippen molar-refractivity contribution in [3.8, 4) is 6.07 Å². The molecule has 2 atom stereocenters. The van der Waals surface area contributed by atoms with Crippen molar-refractivity contribution in [3.05, 3.63) is 28.0 Å². The number of hydrogen-bond donors (Lipinski definition) is 0. The normalized spacial score (nSPS) is 23.8. The third kappa shape index (κ3) is 2.51. The second kappa shape index (κ2) is 5.27. The highest BCUT2D eigenvalue weighted by Crippen LogP contribution is 2.32. The second-order valence-electron chi connectivity index (χ2n) is 5.22. The van der Waals surface area contributed by atoms with Crippen LogP contribution in [0.15, 0.2) is 16.6 Å². The van der Waals surface area contributed by atoms with Gasteiger partial charge in [-0.15, -0.1) is 0 Å². The Labute approximate surface area is 116 Å². The van der Waals surface area contributed by atoms with Crippen LogP contribution in [0, 0.1) is 29.0 Å². The van der Waals surface area contributed by atoms with E-state index in [2.05, 4.69) is 34.7 Å². The zero-order valence-electron chi connectivity index (χ0n) is 10.6. The van der Waals surface area contributed by atoms with Gasteiger partial charge in [0, 0.05) is 13.1 Å². The third-order valence-electron chi connectivity index (χ3n) is 3.39. The molecular weight excluding hydrogens is 295 g/mol. The summed E-state index contributed by atoms with van der Waals surface area (Å²) in [4.78, 5) is 2.08. The molecule has 96 valence electrons. The van der Waals surface area contributed by atoms with Gasteiger partial charge in [-0.1, -0.05) is 13.8 Å². The molecule has 1 aromatic rings. The fourth-order valence-electron chi connectivity index (χ4n) is 2.73. The molecule has 2 unspecified atom stereocenters. The summed E-state index contributed by atoms with van der Waals surface area (Å²) in [6.45, 7) is 6.14. The van der Waals surface area contributed by atoms with E-state index in [4.69, 9.17) is 5.26 Å². The van der Waals surface area contributed by atoms with Crippen molar-refractivity contribution in [1.29, 1.82) is 5.26 Å². The largest absolute Gasteiger partial charge is 0.369 e. The van der Waals surface area contributed by atoms with Gasteiger partial charge >= 0.3 is 0 Å². The van der Waals surface area contributed by atoms with E-state index in [9.17, 15) is 4.39 Å². The molecule has 1 saturated heterocycles. The van der Waals surface area contributed by atoms with E-state index in [0.717, 1.165) is 13.1 Å². The summed E-state index contributed by atoms with van der Waals surface area (Å²) in [5.41, 5.74) is 0.939. The van der Waals surface area contributed by atoms with Crippen LogP contribution >= 0.6 is 15.9 Å². The summed E-state index contributed by atoms with van der Waals surface area (Å²) in [5.74, 6) is 0.820. The zero-order chi connectivity index (χ0) is 13.3. The molecule has 0 spiro atoms. The van der Waals surface area contributed by atoms with Gasteiger partial charge in [0.25, 0.3) is 0 Å². The van der Waals surface area contributed by atoms with Crippen molar-refractivity contribution in [2.75, 3.05) is 18.0 Å². The van der Waals surface area contributed by atoms with E-state index in [1.807, 2.05) is 6.07 Å². The molecule has 1 fully saturated rings. The molecule has 0 aliphatic carbocycles. The van der Waals surface area contributed by atoms with Crippen LogP contribution in [0.1, 0.15) is 25.8 Å². The number of halogens is 2. The van der Waals surface area contributed by atoms with Gasteiger partial charge in [-0.2, -0.15) is 5.26 Å². The highest BCUT2D eigenvalue weighted by atomic mass is 79.9. The predicted octanol–water partition coefficient (Wildman–Crippen LogP) is 3.94. The lowest BCUT2D eigenvalue weighted by atomic mass is 9.91. The highest BCUT2D eigenvalue weighted by Gasteiger charge is 2.25. The minimum absolute atomic E-state index is 0.272. The fourth-order valence-corrected chi connectivity index (χ4v) is 3.15. The number of piperidine rings is 1. The quantitative estimate of drug-likeness (QED) is 0.785. The Bertz CT molecular complexity index is 485. The number of nitriles is 1. The SMILES string of the molecule is CC1CC(C)CN(c2ccc(C#N)c(Br)c2F)C1. The molecule has 1 aliphatic heterocycles. The molecule has 0 aromatic heterocycles. The van der Waals surface area contributed by atoms with Gasteiger partial charge < -0.3 is 4.90 Å². The summed E-state index contributed by atoms with van der Waals surface area (Å²) in [6.07, 6.45) is 1.19. The Morgan fingerprint density at radius 3 is 2.50 bits per heavy atom. The first-order valence-electron chi connectivity index (χ1n) is 6.16. The smallest absolute Gasteiger partial charge is 0.161 e. The number of benzene rings is 1. The van der Waals surface area contributed by atoms with Crippen LogP contribution in [0.3, 0.4) is 0 Å². The van der Waals surface area contributed by atoms with Gasteiger partial charge in [0.05, 0.1) is 15.7 Å². The minimum Gasteiger partial charge on any atom is -0.369 e. The van der Waals surface area contributed by atoms with Crippen molar-refractivity contribution in [3.63, 3.8) is 0 Å². The Morgan fingerprint density at radius 2 is 1.94 bits per heavy atom. The first-order chi connectivity index (χ1) is 8.52. The summed E-state index contributed by atoms with van der Waals surface area (Å²) in [5, 5.41) is 8.87. The molecule has 0 amide bonds. The molecule has 0 bridgehead atoms. The van der Waals surface area contributed by atoms with Crippen LogP contribution in [0.5, 0.6) is 0 Å². The first-order valence-corrected chi connectivity index (χ1v) is 6.95. The van der Waals surface area contributed by atoms with E-state index >= 15 is 0 Å². The third-order valence-corrected chi connectivity index (χ3v) is 4.17. The number of nitrogens with zero attached hydrogens (tertiary/aromatic N) is 2. The lowest BCUT2D eigenvalue weighted by Gasteiger charge is -2.36. The zero-order valence-corrected chi connectivity index (χ0v) is 12.2. The Hall–Kier alpha value is -1.08. The molecule has 2 rings (SSSR count). The van der Waals surface area contributed by atoms with Gasteiger partial charge in [0.15, 0.2) is 5.82 Å². The van der Waals surface area contributed by atoms with Crippen molar-refractivity contribution < 1.29 is 4.39 Å². The van der Waals surface area contributed by atoms with Crippen molar-refractivity contribution in [2.24, 2.45) is 11.8 Å². The van der Waals surface area contributed by atoms with Crippen LogP contribution in [0.4, 0.5) is 10.1 Å². The molecule has 0 saturated carbocycles. The first kappa shape index (κ1) is 13.4. The highest BCUT2D eigenvalue weighted by molar-refractivity contribution is 9.10. The molecule has 2 nitrogen and oxygen atoms in total. The monoisotopic (exact) mass is 310 g/mol. The van der Waals surface area contributed by atoms with E-state index in [-0.39, 0.29) is 10.3 Å². The lowest BCUT2D eigenvalue weighted by molar-refractivity contribution is 0.354. The topological polar surface area (TPSA) is 27.0 Å². The maximum atomic E-state index is 14.2. The average molecular weight is 311 g/mol. The fraction of sp³-hybridized carbons (Fsp3) is 0.500. The summed E-state index contributed by atoms with van der Waals surface area (Å²) < 4.78 is 14.5. The summed E-state index contributed by atoms with van der Waals surface area (Å²) in [7, 11) is 0. The van der Waals surface area contributed by atoms with Crippen LogP contribution < -0.4 is 4.90 Å². The van der Waals surface area contributed by atoms with Gasteiger partial charge in [0.1, 0.15) is 6.07 Å². The van der Waals surface area contributed by atoms with Crippen LogP contribution in [0.2, 0.25) is 0 Å². The van der Waals surface area contributed by atoms with E-state index in [1.165, 1.54) is 6.42 Å². The molecule has 0 radical (unpaired) electrons. The Balaban J connectivity index is 2.34. The number of hydrogen-bond acceptors (Lipinski definition) is 2. The average Bonchev–Trinajstić information content (AvgIpc) is 2.31. The molecule has 1 heterocycles. The number of rotatable bonds is 1. The van der Waals surface area contributed by atoms with Crippen molar-refractivity contribution >= 4 is 21.6 Å². The van der Waals surface area contributed by atoms with E-state index < -0.39 is 0 Å². The van der Waals surface area contributed by atoms with Gasteiger partial charge in [-0.05, 0) is 46.3 Å². The van der Waals surface area contributed by atoms with Crippen molar-refractivity contribution in [2.45, 2.75) is 20.3 Å². The van der Waals surface area contributed by atoms with E-state index in [0.29, 0.717) is 23.1 Å². The summed E-state index contributed by atoms with van der Waals surface area (Å²) >= 11 is 3.16. The van der Waals surface area contributed by atoms with Gasteiger partial charge in [-0.25, -0.2) is 4.39 Å². The summed E-state index contributed by atoms with van der Waals surface area (Å²) in [6, 6.07) is 5.36. The predicted molar refractivity (Wildman–Crippen MR) is 74.0 cm³/mol. The van der Waals surface area contributed by atoms with E-state index in [1.54, 1.807) is 12.1 Å². The van der Waals surface area contributed by atoms with Crippen LogP contribution in [-0.4, -0.2) is 13.1 Å². The molecule has 1 aromatic carbocycles. The van der Waals surface area contributed by atoms with Crippen LogP contribution in [0.25, 0.3) is 0 Å². The van der Waals surface area contributed by atoms with Gasteiger partial charge in [-0.3, -0.25) is 0 Å².